The summed E-state index contributed by atoms with van der Waals surface area (Å²) in [5.74, 6) is 0.203. The first kappa shape index (κ1) is 29.7. The fraction of sp³-hybridized carbons (Fsp3) is 0.323. The molecule has 1 aliphatic carbocycles. The third-order valence-corrected chi connectivity index (χ3v) is 7.13. The van der Waals surface area contributed by atoms with Crippen LogP contribution >= 0.6 is 0 Å². The summed E-state index contributed by atoms with van der Waals surface area (Å²) in [4.78, 5) is 35.6. The number of benzene rings is 1. The molecule has 1 aromatic carbocycles. The van der Waals surface area contributed by atoms with Gasteiger partial charge in [0.05, 0.1) is 12.7 Å². The largest absolute Gasteiger partial charge is 0.353 e. The molecule has 2 fully saturated rings. The fourth-order valence-electron chi connectivity index (χ4n) is 4.60. The second-order valence-electron chi connectivity index (χ2n) is 10.5. The van der Waals surface area contributed by atoms with Gasteiger partial charge in [0.2, 0.25) is 0 Å². The van der Waals surface area contributed by atoms with Crippen molar-refractivity contribution < 1.29 is 22.8 Å². The molecule has 2 amide bonds. The number of pyridine rings is 1. The van der Waals surface area contributed by atoms with Crippen LogP contribution in [0, 0.1) is 18.7 Å². The molecule has 0 bridgehead atoms. The number of fused-ring (bicyclic) bond motifs is 1. The number of hydrogen-bond acceptors (Lipinski definition) is 6. The Morgan fingerprint density at radius 1 is 1.05 bits per heavy atom. The topological polar surface area (TPSA) is 105 Å². The molecule has 224 valence electrons. The second-order valence-corrected chi connectivity index (χ2v) is 10.5. The van der Waals surface area contributed by atoms with E-state index < -0.39 is 18.9 Å². The van der Waals surface area contributed by atoms with Gasteiger partial charge >= 0.3 is 0 Å². The van der Waals surface area contributed by atoms with Gasteiger partial charge < -0.3 is 15.5 Å². The van der Waals surface area contributed by atoms with Gasteiger partial charge in [-0.3, -0.25) is 14.6 Å². The van der Waals surface area contributed by atoms with E-state index in [1.165, 1.54) is 35.7 Å². The molecule has 12 heteroatoms. The maximum absolute atomic E-state index is 12.8. The van der Waals surface area contributed by atoms with Gasteiger partial charge in [0.1, 0.15) is 17.3 Å². The lowest BCUT2D eigenvalue weighted by Crippen LogP contribution is -2.37. The summed E-state index contributed by atoms with van der Waals surface area (Å²) in [7, 11) is 0. The maximum atomic E-state index is 12.8. The molecule has 0 radical (unpaired) electrons. The number of hydrogen-bond donors (Lipinski definition) is 2. The van der Waals surface area contributed by atoms with Crippen molar-refractivity contribution in [3.8, 4) is 0 Å². The van der Waals surface area contributed by atoms with Crippen LogP contribution in [-0.4, -0.2) is 63.5 Å². The van der Waals surface area contributed by atoms with Gasteiger partial charge in [-0.15, -0.1) is 5.10 Å². The van der Waals surface area contributed by atoms with Crippen molar-refractivity contribution >= 4 is 29.4 Å². The first-order valence-corrected chi connectivity index (χ1v) is 14.1. The highest BCUT2D eigenvalue weighted by molar-refractivity contribution is 5.93. The lowest BCUT2D eigenvalue weighted by molar-refractivity contribution is 0.0884. The van der Waals surface area contributed by atoms with Crippen LogP contribution in [0.4, 0.5) is 19.0 Å². The number of alkyl halides is 2. The number of nitrogens with zero attached hydrogens (tertiary/aromatic N) is 5. The molecule has 6 rings (SSSR count). The van der Waals surface area contributed by atoms with Gasteiger partial charge in [-0.25, -0.2) is 22.7 Å². The third-order valence-electron chi connectivity index (χ3n) is 7.13. The molecule has 2 aliphatic rings. The summed E-state index contributed by atoms with van der Waals surface area (Å²) >= 11 is 0. The minimum Gasteiger partial charge on any atom is -0.353 e. The molecule has 3 aromatic heterocycles. The minimum absolute atomic E-state index is 0.0772. The van der Waals surface area contributed by atoms with Crippen molar-refractivity contribution in [2.24, 2.45) is 5.92 Å². The third kappa shape index (κ3) is 7.97. The van der Waals surface area contributed by atoms with E-state index in [-0.39, 0.29) is 23.5 Å². The molecular formula is C31H32F3N7O2. The van der Waals surface area contributed by atoms with Crippen molar-refractivity contribution in [3.05, 3.63) is 95.3 Å². The molecular weight excluding hydrogens is 559 g/mol. The molecule has 1 aliphatic heterocycles. The highest BCUT2D eigenvalue weighted by Gasteiger charge is 2.27. The van der Waals surface area contributed by atoms with Crippen molar-refractivity contribution in [3.63, 3.8) is 0 Å². The Kier molecular flexibility index (Phi) is 9.33. The Morgan fingerprint density at radius 3 is 2.51 bits per heavy atom. The standard InChI is InChI=1S/C25H27F2N7O2.C6H5F/c1-15-10-19(28-11-17(15)5-4-16-2-3-16)24(35)31-18-8-9-33(14-18)23-7-6-22-29-12-20(34(22)32-23)25(36)30-13-21(26)27;7-6-4-2-1-3-5-6/h4-7,10-12,16,18,21H,2-3,8-9,13-14H2,1H3,(H,30,36)(H,31,35);1-5H/b5-4+;/t18-;/m0./s1. The van der Waals surface area contributed by atoms with Crippen LogP contribution in [0.25, 0.3) is 11.7 Å². The number of halogens is 3. The number of carbonyl (C=O) groups is 2. The number of aromatic nitrogens is 4. The number of anilines is 1. The van der Waals surface area contributed by atoms with E-state index in [1.54, 1.807) is 36.5 Å². The number of rotatable bonds is 8. The van der Waals surface area contributed by atoms with Gasteiger partial charge in [-0.2, -0.15) is 0 Å². The van der Waals surface area contributed by atoms with Gasteiger partial charge in [-0.05, 0) is 73.6 Å². The van der Waals surface area contributed by atoms with Crippen molar-refractivity contribution in [1.29, 1.82) is 0 Å². The summed E-state index contributed by atoms with van der Waals surface area (Å²) in [5, 5.41) is 9.71. The number of aryl methyl sites for hydroxylation is 1. The zero-order valence-electron chi connectivity index (χ0n) is 23.6. The Hall–Kier alpha value is -4.74. The smallest absolute Gasteiger partial charge is 0.271 e. The number of nitrogens with one attached hydrogen (secondary N) is 2. The second kappa shape index (κ2) is 13.5. The summed E-state index contributed by atoms with van der Waals surface area (Å²) < 4.78 is 38.2. The number of amides is 2. The normalized spacial score (nSPS) is 16.4. The first-order valence-electron chi connectivity index (χ1n) is 14.1. The van der Waals surface area contributed by atoms with E-state index in [1.807, 2.05) is 17.9 Å². The van der Waals surface area contributed by atoms with Crippen LogP contribution in [0.5, 0.6) is 0 Å². The zero-order chi connectivity index (χ0) is 30.3. The SMILES string of the molecule is Cc1cc(C(=O)N[C@H]2CCN(c3ccc4ncc(C(=O)NCC(F)F)n4n3)C2)ncc1/C=C/C1CC1.Fc1ccccc1. The quantitative estimate of drug-likeness (QED) is 0.308. The van der Waals surface area contributed by atoms with Crippen molar-refractivity contribution in [2.45, 2.75) is 38.7 Å². The monoisotopic (exact) mass is 591 g/mol. The summed E-state index contributed by atoms with van der Waals surface area (Å²) in [6, 6.07) is 13.1. The highest BCUT2D eigenvalue weighted by atomic mass is 19.3. The Labute approximate surface area is 246 Å². The van der Waals surface area contributed by atoms with E-state index in [4.69, 9.17) is 0 Å². The zero-order valence-corrected chi connectivity index (χ0v) is 23.6. The van der Waals surface area contributed by atoms with Crippen LogP contribution in [0.2, 0.25) is 0 Å². The average molecular weight is 592 g/mol. The molecule has 1 atom stereocenters. The van der Waals surface area contributed by atoms with E-state index in [9.17, 15) is 22.8 Å². The number of imidazole rings is 1. The summed E-state index contributed by atoms with van der Waals surface area (Å²) in [5.41, 5.74) is 2.92. The average Bonchev–Trinajstić information content (AvgIpc) is 3.55. The predicted molar refractivity (Wildman–Crippen MR) is 157 cm³/mol. The van der Waals surface area contributed by atoms with Gasteiger partial charge in [0.15, 0.2) is 11.3 Å². The summed E-state index contributed by atoms with van der Waals surface area (Å²) in [6.45, 7) is 2.42. The van der Waals surface area contributed by atoms with E-state index in [2.05, 4.69) is 37.9 Å². The lowest BCUT2D eigenvalue weighted by Gasteiger charge is -2.18. The number of allylic oxidation sites excluding steroid dienone is 1. The van der Waals surface area contributed by atoms with E-state index in [0.29, 0.717) is 36.2 Å². The molecule has 4 heterocycles. The molecule has 43 heavy (non-hydrogen) atoms. The molecule has 2 N–H and O–H groups in total. The van der Waals surface area contributed by atoms with E-state index in [0.717, 1.165) is 17.5 Å². The Balaban J connectivity index is 0.000000463. The minimum atomic E-state index is -2.64. The lowest BCUT2D eigenvalue weighted by atomic mass is 10.1. The Bertz CT molecular complexity index is 1610. The molecule has 0 spiro atoms. The molecule has 1 saturated carbocycles. The van der Waals surface area contributed by atoms with Gasteiger partial charge in [0, 0.05) is 25.3 Å². The van der Waals surface area contributed by atoms with Crippen LogP contribution in [0.1, 0.15) is 51.4 Å². The summed E-state index contributed by atoms with van der Waals surface area (Å²) in [6.07, 6.45) is 7.88. The number of carbonyl (C=O) groups excluding carboxylic acids is 2. The molecule has 1 saturated heterocycles. The molecule has 0 unspecified atom stereocenters. The van der Waals surface area contributed by atoms with Crippen molar-refractivity contribution in [2.75, 3.05) is 24.5 Å². The highest BCUT2D eigenvalue weighted by Crippen LogP contribution is 2.31. The van der Waals surface area contributed by atoms with Crippen molar-refractivity contribution in [1.82, 2.24) is 30.2 Å². The maximum Gasteiger partial charge on any atom is 0.271 e. The van der Waals surface area contributed by atoms with E-state index >= 15 is 0 Å². The molecule has 9 nitrogen and oxygen atoms in total. The van der Waals surface area contributed by atoms with Gasteiger partial charge in [0.25, 0.3) is 18.2 Å². The van der Waals surface area contributed by atoms with Crippen LogP contribution in [0.15, 0.2) is 67.0 Å². The first-order chi connectivity index (χ1) is 20.8. The van der Waals surface area contributed by atoms with Crippen LogP contribution < -0.4 is 15.5 Å². The Morgan fingerprint density at radius 2 is 1.84 bits per heavy atom. The predicted octanol–water partition coefficient (Wildman–Crippen LogP) is 4.69. The van der Waals surface area contributed by atoms with Gasteiger partial charge in [-0.1, -0.05) is 30.4 Å². The van der Waals surface area contributed by atoms with Crippen LogP contribution in [-0.2, 0) is 0 Å². The van der Waals surface area contributed by atoms with Crippen LogP contribution in [0.3, 0.4) is 0 Å². The fourth-order valence-corrected chi connectivity index (χ4v) is 4.60. The molecule has 4 aromatic rings.